The standard InChI is InChI=1S/C32H30N6O6/c1-5-37(28-11-9-22(24(15-28)17-33)13-26(19-35)30(39)42-7-3)21-44-32(41)38(6-2)29-12-10-23(25(16-29)18-34)14-27(20-36)31(40)43-8-4/h9-16H,5-8,21H2,1-4H3. The van der Waals surface area contributed by atoms with Gasteiger partial charge in [-0.25, -0.2) is 14.4 Å². The first kappa shape index (κ1) is 34.1. The van der Waals surface area contributed by atoms with Crippen molar-refractivity contribution in [1.82, 2.24) is 0 Å². The second kappa shape index (κ2) is 17.0. The minimum Gasteiger partial charge on any atom is -0.462 e. The lowest BCUT2D eigenvalue weighted by atomic mass is 10.0. The molecule has 0 spiro atoms. The Balaban J connectivity index is 2.27. The molecule has 0 unspecified atom stereocenters. The Labute approximate surface area is 255 Å². The van der Waals surface area contributed by atoms with E-state index in [1.807, 2.05) is 19.1 Å². The zero-order chi connectivity index (χ0) is 32.6. The molecule has 2 aromatic carbocycles. The van der Waals surface area contributed by atoms with Gasteiger partial charge in [0.05, 0.1) is 36.5 Å². The summed E-state index contributed by atoms with van der Waals surface area (Å²) in [6.07, 6.45) is 1.84. The van der Waals surface area contributed by atoms with Crippen molar-refractivity contribution in [3.63, 3.8) is 0 Å². The van der Waals surface area contributed by atoms with Crippen LogP contribution in [0.3, 0.4) is 0 Å². The van der Waals surface area contributed by atoms with Gasteiger partial charge in [-0.2, -0.15) is 21.0 Å². The summed E-state index contributed by atoms with van der Waals surface area (Å²) in [6, 6.07) is 16.9. The number of benzene rings is 2. The van der Waals surface area contributed by atoms with Crippen molar-refractivity contribution >= 4 is 41.6 Å². The van der Waals surface area contributed by atoms with Gasteiger partial charge >= 0.3 is 18.0 Å². The van der Waals surface area contributed by atoms with Gasteiger partial charge in [-0.15, -0.1) is 0 Å². The molecule has 224 valence electrons. The van der Waals surface area contributed by atoms with Crippen LogP contribution in [0.4, 0.5) is 16.2 Å². The predicted molar refractivity (Wildman–Crippen MR) is 160 cm³/mol. The molecule has 12 heteroatoms. The average Bonchev–Trinajstić information content (AvgIpc) is 3.03. The number of anilines is 2. The smallest absolute Gasteiger partial charge is 0.416 e. The van der Waals surface area contributed by atoms with E-state index < -0.39 is 18.0 Å². The van der Waals surface area contributed by atoms with Crippen molar-refractivity contribution in [2.24, 2.45) is 0 Å². The maximum Gasteiger partial charge on any atom is 0.416 e. The number of nitrogens with zero attached hydrogens (tertiary/aromatic N) is 6. The van der Waals surface area contributed by atoms with Crippen molar-refractivity contribution in [3.8, 4) is 24.3 Å². The lowest BCUT2D eigenvalue weighted by molar-refractivity contribution is -0.138. The molecule has 0 radical (unpaired) electrons. The Morgan fingerprint density at radius 1 is 0.705 bits per heavy atom. The Hall–Kier alpha value is -6.11. The highest BCUT2D eigenvalue weighted by Gasteiger charge is 2.20. The summed E-state index contributed by atoms with van der Waals surface area (Å²) in [5, 5.41) is 38.0. The SMILES string of the molecule is CCOC(=O)C(C#N)=Cc1ccc(N(CC)COC(=O)N(CC)c2ccc(C=C(C#N)C(=O)OCC)c(C#N)c2)cc1C#N. The summed E-state index contributed by atoms with van der Waals surface area (Å²) >= 11 is 0. The first-order chi connectivity index (χ1) is 21.2. The average molecular weight is 595 g/mol. The topological polar surface area (TPSA) is 181 Å². The summed E-state index contributed by atoms with van der Waals surface area (Å²) in [5.74, 6) is -1.60. The third-order valence-electron chi connectivity index (χ3n) is 6.08. The third kappa shape index (κ3) is 8.69. The van der Waals surface area contributed by atoms with Crippen LogP contribution < -0.4 is 9.80 Å². The highest BCUT2D eigenvalue weighted by atomic mass is 16.6. The third-order valence-corrected chi connectivity index (χ3v) is 6.08. The molecule has 0 aliphatic heterocycles. The highest BCUT2D eigenvalue weighted by Crippen LogP contribution is 2.24. The van der Waals surface area contributed by atoms with Gasteiger partial charge < -0.3 is 19.1 Å². The largest absolute Gasteiger partial charge is 0.462 e. The number of carbonyl (C=O) groups is 3. The van der Waals surface area contributed by atoms with Crippen LogP contribution in [-0.2, 0) is 23.8 Å². The minimum absolute atomic E-state index is 0.0907. The van der Waals surface area contributed by atoms with Crippen molar-refractivity contribution in [3.05, 3.63) is 69.8 Å². The quantitative estimate of drug-likeness (QED) is 0.108. The van der Waals surface area contributed by atoms with Crippen LogP contribution in [0, 0.1) is 45.3 Å². The molecule has 2 aromatic rings. The van der Waals surface area contributed by atoms with Crippen LogP contribution in [0.5, 0.6) is 0 Å². The molecule has 0 saturated carbocycles. The number of rotatable bonds is 12. The monoisotopic (exact) mass is 594 g/mol. The van der Waals surface area contributed by atoms with Crippen molar-refractivity contribution in [2.45, 2.75) is 27.7 Å². The number of esters is 2. The highest BCUT2D eigenvalue weighted by molar-refractivity contribution is 5.99. The lowest BCUT2D eigenvalue weighted by Crippen LogP contribution is -2.35. The number of ether oxygens (including phenoxy) is 3. The zero-order valence-corrected chi connectivity index (χ0v) is 24.8. The van der Waals surface area contributed by atoms with E-state index in [9.17, 15) is 35.4 Å². The molecule has 2 rings (SSSR count). The van der Waals surface area contributed by atoms with Crippen LogP contribution in [0.1, 0.15) is 49.9 Å². The maximum absolute atomic E-state index is 13.1. The molecule has 0 bridgehead atoms. The Bertz CT molecular complexity index is 1630. The van der Waals surface area contributed by atoms with E-state index in [0.717, 1.165) is 0 Å². The summed E-state index contributed by atoms with van der Waals surface area (Å²) < 4.78 is 15.3. The zero-order valence-electron chi connectivity index (χ0n) is 24.8. The van der Waals surface area contributed by atoms with Gasteiger partial charge in [-0.1, -0.05) is 12.1 Å². The second-order valence-corrected chi connectivity index (χ2v) is 8.69. The molecule has 0 saturated heterocycles. The minimum atomic E-state index is -0.807. The molecule has 0 aliphatic rings. The maximum atomic E-state index is 13.1. The van der Waals surface area contributed by atoms with Crippen molar-refractivity contribution in [1.29, 1.82) is 21.0 Å². The molecule has 0 heterocycles. The Morgan fingerprint density at radius 2 is 1.18 bits per heavy atom. The Kier molecular flexibility index (Phi) is 13.2. The summed E-state index contributed by atoms with van der Waals surface area (Å²) in [7, 11) is 0. The van der Waals surface area contributed by atoms with Gasteiger partial charge in [0.15, 0.2) is 6.73 Å². The molecule has 0 atom stereocenters. The molecule has 0 aliphatic carbocycles. The van der Waals surface area contributed by atoms with E-state index in [1.54, 1.807) is 62.1 Å². The van der Waals surface area contributed by atoms with Gasteiger partial charge in [-0.05, 0) is 75.2 Å². The molecule has 44 heavy (non-hydrogen) atoms. The van der Waals surface area contributed by atoms with Crippen LogP contribution in [0.2, 0.25) is 0 Å². The van der Waals surface area contributed by atoms with E-state index in [1.165, 1.54) is 29.2 Å². The molecule has 0 N–H and O–H groups in total. The second-order valence-electron chi connectivity index (χ2n) is 8.69. The molecular formula is C32H30N6O6. The molecular weight excluding hydrogens is 564 g/mol. The van der Waals surface area contributed by atoms with Crippen LogP contribution in [0.25, 0.3) is 12.2 Å². The number of carbonyl (C=O) groups excluding carboxylic acids is 3. The fraction of sp³-hybridized carbons (Fsp3) is 0.281. The Morgan fingerprint density at radius 3 is 1.59 bits per heavy atom. The summed E-state index contributed by atoms with van der Waals surface area (Å²) in [6.45, 7) is 7.42. The van der Waals surface area contributed by atoms with Crippen LogP contribution in [0.15, 0.2) is 47.5 Å². The molecule has 1 amide bonds. The summed E-state index contributed by atoms with van der Waals surface area (Å²) in [4.78, 5) is 40.1. The fourth-order valence-electron chi connectivity index (χ4n) is 3.88. The van der Waals surface area contributed by atoms with Gasteiger partial charge in [0, 0.05) is 24.5 Å². The molecule has 0 fully saturated rings. The molecule has 12 nitrogen and oxygen atoms in total. The van der Waals surface area contributed by atoms with E-state index in [4.69, 9.17) is 14.2 Å². The first-order valence-corrected chi connectivity index (χ1v) is 13.6. The number of nitriles is 4. The van der Waals surface area contributed by atoms with Crippen LogP contribution in [-0.4, -0.2) is 51.1 Å². The van der Waals surface area contributed by atoms with Crippen molar-refractivity contribution in [2.75, 3.05) is 42.8 Å². The van der Waals surface area contributed by atoms with Gasteiger partial charge in [0.1, 0.15) is 23.3 Å². The van der Waals surface area contributed by atoms with E-state index in [0.29, 0.717) is 29.0 Å². The van der Waals surface area contributed by atoms with Crippen molar-refractivity contribution < 1.29 is 28.6 Å². The predicted octanol–water partition coefficient (Wildman–Crippen LogP) is 4.82. The summed E-state index contributed by atoms with van der Waals surface area (Å²) in [5.41, 5.74) is 1.38. The van der Waals surface area contributed by atoms with E-state index >= 15 is 0 Å². The lowest BCUT2D eigenvalue weighted by Gasteiger charge is -2.26. The molecule has 0 aromatic heterocycles. The number of hydrogen-bond acceptors (Lipinski definition) is 11. The van der Waals surface area contributed by atoms with Gasteiger partial charge in [0.25, 0.3) is 0 Å². The normalized spacial score (nSPS) is 10.7. The van der Waals surface area contributed by atoms with Crippen LogP contribution >= 0.6 is 0 Å². The first-order valence-electron chi connectivity index (χ1n) is 13.6. The van der Waals surface area contributed by atoms with Gasteiger partial charge in [-0.3, -0.25) is 4.90 Å². The number of amides is 1. The van der Waals surface area contributed by atoms with Gasteiger partial charge in [0.2, 0.25) is 0 Å². The van der Waals surface area contributed by atoms with E-state index in [-0.39, 0.29) is 48.8 Å². The fourth-order valence-corrected chi connectivity index (χ4v) is 3.88. The van der Waals surface area contributed by atoms with E-state index in [2.05, 4.69) is 0 Å². The number of hydrogen-bond donors (Lipinski definition) is 0.